The Hall–Kier alpha value is -1.40. The maximum absolute atomic E-state index is 10.5. The molecule has 14 heavy (non-hydrogen) atoms. The van der Waals surface area contributed by atoms with Gasteiger partial charge in [-0.3, -0.25) is 4.79 Å². The zero-order valence-corrected chi connectivity index (χ0v) is 7.95. The highest BCUT2D eigenvalue weighted by molar-refractivity contribution is 7.14. The Labute approximate surface area is 83.8 Å². The molecule has 0 aromatic carbocycles. The number of hydrogen-bond acceptors (Lipinski definition) is 4. The number of carbonyl (C=O) groups is 2. The summed E-state index contributed by atoms with van der Waals surface area (Å²) in [7, 11) is 0. The first kappa shape index (κ1) is 10.7. The molecule has 1 unspecified atom stereocenters. The number of carboxylic acids is 2. The normalized spacial score (nSPS) is 12.4. The van der Waals surface area contributed by atoms with Gasteiger partial charge in [0.25, 0.3) is 0 Å². The first-order valence-corrected chi connectivity index (χ1v) is 4.62. The lowest BCUT2D eigenvalue weighted by Crippen LogP contribution is -2.13. The summed E-state index contributed by atoms with van der Waals surface area (Å²) in [6, 6.07) is 2.33. The van der Waals surface area contributed by atoms with Crippen LogP contribution in [0.3, 0.4) is 0 Å². The van der Waals surface area contributed by atoms with Gasteiger partial charge in [-0.05, 0) is 12.1 Å². The molecule has 0 bridgehead atoms. The van der Waals surface area contributed by atoms with Gasteiger partial charge in [-0.2, -0.15) is 0 Å². The lowest BCUT2D eigenvalue weighted by molar-refractivity contribution is -0.137. The van der Waals surface area contributed by atoms with E-state index in [4.69, 9.17) is 15.9 Å². The maximum Gasteiger partial charge on any atom is 0.345 e. The van der Waals surface area contributed by atoms with Crippen molar-refractivity contribution < 1.29 is 19.8 Å². The highest BCUT2D eigenvalue weighted by atomic mass is 32.1. The number of hydrogen-bond donors (Lipinski definition) is 3. The SMILES string of the molecule is NC(CC(=O)O)c1ccc(C(=O)O)s1. The van der Waals surface area contributed by atoms with Crippen LogP contribution in [-0.2, 0) is 4.79 Å². The van der Waals surface area contributed by atoms with Crippen LogP contribution in [0.25, 0.3) is 0 Å². The second kappa shape index (κ2) is 4.21. The van der Waals surface area contributed by atoms with Gasteiger partial charge in [-0.1, -0.05) is 0 Å². The van der Waals surface area contributed by atoms with Crippen LogP contribution in [0.5, 0.6) is 0 Å². The standard InChI is InChI=1S/C8H9NO4S/c9-4(3-7(10)11)5-1-2-6(14-5)8(12)13/h1-2,4H,3,9H2,(H,10,11)(H,12,13). The average molecular weight is 215 g/mol. The Morgan fingerprint density at radius 3 is 2.50 bits per heavy atom. The van der Waals surface area contributed by atoms with Crippen LogP contribution in [0, 0.1) is 0 Å². The fourth-order valence-corrected chi connectivity index (χ4v) is 1.80. The minimum atomic E-state index is -1.02. The largest absolute Gasteiger partial charge is 0.481 e. The molecule has 0 spiro atoms. The van der Waals surface area contributed by atoms with E-state index in [9.17, 15) is 9.59 Å². The molecule has 5 nitrogen and oxygen atoms in total. The third-order valence-electron chi connectivity index (χ3n) is 1.60. The van der Waals surface area contributed by atoms with Crippen molar-refractivity contribution in [2.24, 2.45) is 5.73 Å². The molecule has 1 aromatic heterocycles. The molecule has 0 radical (unpaired) electrons. The Morgan fingerprint density at radius 1 is 1.43 bits per heavy atom. The van der Waals surface area contributed by atoms with Crippen LogP contribution in [0.2, 0.25) is 0 Å². The van der Waals surface area contributed by atoms with Gasteiger partial charge >= 0.3 is 11.9 Å². The molecule has 1 atom stereocenters. The van der Waals surface area contributed by atoms with Crippen LogP contribution < -0.4 is 5.73 Å². The summed E-state index contributed by atoms with van der Waals surface area (Å²) in [4.78, 5) is 21.6. The van der Waals surface area contributed by atoms with E-state index in [0.29, 0.717) is 4.88 Å². The number of nitrogens with two attached hydrogens (primary N) is 1. The van der Waals surface area contributed by atoms with Crippen LogP contribution in [0.4, 0.5) is 0 Å². The summed E-state index contributed by atoms with van der Waals surface area (Å²) in [5.74, 6) is -2.02. The van der Waals surface area contributed by atoms with Crippen molar-refractivity contribution >= 4 is 23.3 Å². The van der Waals surface area contributed by atoms with Crippen LogP contribution in [0.15, 0.2) is 12.1 Å². The zero-order chi connectivity index (χ0) is 10.7. The number of carboxylic acid groups (broad SMARTS) is 2. The van der Waals surface area contributed by atoms with Gasteiger partial charge in [0, 0.05) is 10.9 Å². The molecule has 0 saturated carbocycles. The van der Waals surface area contributed by atoms with E-state index in [0.717, 1.165) is 11.3 Å². The van der Waals surface area contributed by atoms with Crippen LogP contribution >= 0.6 is 11.3 Å². The van der Waals surface area contributed by atoms with E-state index in [1.807, 2.05) is 0 Å². The van der Waals surface area contributed by atoms with Crippen molar-refractivity contribution in [3.63, 3.8) is 0 Å². The summed E-state index contributed by atoms with van der Waals surface area (Å²) in [6.07, 6.45) is -0.195. The Balaban J connectivity index is 2.76. The molecule has 1 rings (SSSR count). The molecule has 1 heterocycles. The van der Waals surface area contributed by atoms with Gasteiger partial charge in [-0.25, -0.2) is 4.79 Å². The minimum absolute atomic E-state index is 0.167. The van der Waals surface area contributed by atoms with Gasteiger partial charge < -0.3 is 15.9 Å². The van der Waals surface area contributed by atoms with E-state index in [-0.39, 0.29) is 11.3 Å². The van der Waals surface area contributed by atoms with Gasteiger partial charge in [-0.15, -0.1) is 11.3 Å². The smallest absolute Gasteiger partial charge is 0.345 e. The Morgan fingerprint density at radius 2 is 2.07 bits per heavy atom. The summed E-state index contributed by atoms with van der Waals surface area (Å²) < 4.78 is 0. The highest BCUT2D eigenvalue weighted by Crippen LogP contribution is 2.23. The van der Waals surface area contributed by atoms with Crippen molar-refractivity contribution in [2.75, 3.05) is 0 Å². The molecule has 4 N–H and O–H groups in total. The first-order valence-electron chi connectivity index (χ1n) is 3.81. The molecule has 0 amide bonds. The Kier molecular flexibility index (Phi) is 3.21. The van der Waals surface area contributed by atoms with Crippen molar-refractivity contribution in [1.82, 2.24) is 0 Å². The summed E-state index contributed by atoms with van der Waals surface area (Å²) in [5, 5.41) is 17.1. The minimum Gasteiger partial charge on any atom is -0.481 e. The van der Waals surface area contributed by atoms with Crippen LogP contribution in [-0.4, -0.2) is 22.2 Å². The molecule has 0 aliphatic carbocycles. The average Bonchev–Trinajstić information content (AvgIpc) is 2.50. The summed E-state index contributed by atoms with van der Waals surface area (Å²) >= 11 is 1.00. The van der Waals surface area contributed by atoms with Crippen molar-refractivity contribution in [3.05, 3.63) is 21.9 Å². The van der Waals surface area contributed by atoms with E-state index in [1.54, 1.807) is 6.07 Å². The maximum atomic E-state index is 10.5. The van der Waals surface area contributed by atoms with E-state index < -0.39 is 18.0 Å². The predicted octanol–water partition coefficient (Wildman–Crippen LogP) is 0.921. The van der Waals surface area contributed by atoms with Crippen molar-refractivity contribution in [3.8, 4) is 0 Å². The second-order valence-corrected chi connectivity index (χ2v) is 3.83. The zero-order valence-electron chi connectivity index (χ0n) is 7.14. The number of thiophene rings is 1. The lowest BCUT2D eigenvalue weighted by atomic mass is 10.2. The molecular formula is C8H9NO4S. The van der Waals surface area contributed by atoms with Gasteiger partial charge in [0.15, 0.2) is 0 Å². The van der Waals surface area contributed by atoms with Crippen molar-refractivity contribution in [2.45, 2.75) is 12.5 Å². The monoisotopic (exact) mass is 215 g/mol. The fraction of sp³-hybridized carbons (Fsp3) is 0.250. The van der Waals surface area contributed by atoms with E-state index >= 15 is 0 Å². The topological polar surface area (TPSA) is 101 Å². The number of rotatable bonds is 4. The number of aliphatic carboxylic acids is 1. The fourth-order valence-electron chi connectivity index (χ4n) is 0.956. The third-order valence-corrected chi connectivity index (χ3v) is 2.80. The number of aromatic carboxylic acids is 1. The molecule has 0 fully saturated rings. The molecule has 1 aromatic rings. The summed E-state index contributed by atoms with van der Waals surface area (Å²) in [6.45, 7) is 0. The molecule has 0 saturated heterocycles. The van der Waals surface area contributed by atoms with E-state index in [1.165, 1.54) is 6.07 Å². The molecule has 76 valence electrons. The quantitative estimate of drug-likeness (QED) is 0.693. The molecule has 6 heteroatoms. The third kappa shape index (κ3) is 2.54. The van der Waals surface area contributed by atoms with Crippen LogP contribution in [0.1, 0.15) is 27.0 Å². The Bertz CT molecular complexity index is 360. The van der Waals surface area contributed by atoms with Gasteiger partial charge in [0.1, 0.15) is 4.88 Å². The molecule has 0 aliphatic rings. The summed E-state index contributed by atoms with van der Waals surface area (Å²) in [5.41, 5.74) is 5.55. The first-order chi connectivity index (χ1) is 6.50. The molecule has 0 aliphatic heterocycles. The highest BCUT2D eigenvalue weighted by Gasteiger charge is 2.14. The van der Waals surface area contributed by atoms with Gasteiger partial charge in [0.2, 0.25) is 0 Å². The molecular weight excluding hydrogens is 206 g/mol. The second-order valence-electron chi connectivity index (χ2n) is 2.71. The van der Waals surface area contributed by atoms with Crippen molar-refractivity contribution in [1.29, 1.82) is 0 Å². The lowest BCUT2D eigenvalue weighted by Gasteiger charge is -2.04. The van der Waals surface area contributed by atoms with Gasteiger partial charge in [0.05, 0.1) is 6.42 Å². The van der Waals surface area contributed by atoms with E-state index in [2.05, 4.69) is 0 Å². The predicted molar refractivity (Wildman–Crippen MR) is 50.5 cm³/mol.